The molecule has 0 heterocycles. The molecule has 0 unspecified atom stereocenters. The van der Waals surface area contributed by atoms with Gasteiger partial charge in [0.15, 0.2) is 5.78 Å². The fourth-order valence-electron chi connectivity index (χ4n) is 1.05. The van der Waals surface area contributed by atoms with Crippen LogP contribution in [0.15, 0.2) is 16.6 Å². The van der Waals surface area contributed by atoms with Crippen molar-refractivity contribution in [3.8, 4) is 5.75 Å². The number of hydrogen-bond donors (Lipinski definition) is 1. The largest absolute Gasteiger partial charge is 0.496 e. The molecule has 0 aliphatic carbocycles. The molecule has 0 aromatic heterocycles. The molecule has 0 radical (unpaired) electrons. The molecule has 0 atom stereocenters. The summed E-state index contributed by atoms with van der Waals surface area (Å²) in [4.78, 5) is 11.3. The Bertz CT molecular complexity index is 368. The minimum absolute atomic E-state index is 0.0631. The van der Waals surface area contributed by atoms with Crippen LogP contribution in [0.1, 0.15) is 10.4 Å². The van der Waals surface area contributed by atoms with Crippen molar-refractivity contribution in [2.75, 3.05) is 13.7 Å². The van der Waals surface area contributed by atoms with E-state index in [1.807, 2.05) is 0 Å². The number of nitrogens with two attached hydrogens (primary N) is 1. The van der Waals surface area contributed by atoms with Gasteiger partial charge in [0.25, 0.3) is 0 Å². The minimum atomic E-state index is -0.604. The molecule has 1 aromatic carbocycles. The van der Waals surface area contributed by atoms with Crippen molar-refractivity contribution in [3.05, 3.63) is 28.0 Å². The second kappa shape index (κ2) is 4.52. The summed E-state index contributed by atoms with van der Waals surface area (Å²) in [5, 5.41) is 0. The summed E-state index contributed by atoms with van der Waals surface area (Å²) in [6.07, 6.45) is 0. The van der Waals surface area contributed by atoms with Gasteiger partial charge < -0.3 is 10.5 Å². The first kappa shape index (κ1) is 11.1. The normalized spacial score (nSPS) is 10.0. The van der Waals surface area contributed by atoms with Gasteiger partial charge in [0, 0.05) is 0 Å². The van der Waals surface area contributed by atoms with Crippen molar-refractivity contribution < 1.29 is 13.9 Å². The molecule has 0 aliphatic rings. The van der Waals surface area contributed by atoms with Gasteiger partial charge in [0.1, 0.15) is 11.6 Å². The van der Waals surface area contributed by atoms with Gasteiger partial charge in [-0.25, -0.2) is 4.39 Å². The summed E-state index contributed by atoms with van der Waals surface area (Å²) in [6.45, 7) is -0.233. The monoisotopic (exact) mass is 261 g/mol. The van der Waals surface area contributed by atoms with Crippen LogP contribution in [0.5, 0.6) is 5.75 Å². The number of benzene rings is 1. The third kappa shape index (κ3) is 1.93. The van der Waals surface area contributed by atoms with E-state index in [4.69, 9.17) is 10.5 Å². The van der Waals surface area contributed by atoms with Crippen molar-refractivity contribution in [2.24, 2.45) is 5.73 Å². The number of ketones is 1. The summed E-state index contributed by atoms with van der Waals surface area (Å²) in [6, 6.07) is 2.61. The molecule has 0 spiro atoms. The Morgan fingerprint density at radius 3 is 2.79 bits per heavy atom. The fraction of sp³-hybridized carbons (Fsp3) is 0.222. The molecule has 5 heteroatoms. The molecule has 1 aromatic rings. The van der Waals surface area contributed by atoms with Crippen molar-refractivity contribution in [2.45, 2.75) is 0 Å². The maximum absolute atomic E-state index is 13.2. The van der Waals surface area contributed by atoms with Crippen LogP contribution in [0.4, 0.5) is 4.39 Å². The average Bonchev–Trinajstić information content (AvgIpc) is 2.18. The number of methoxy groups -OCH3 is 1. The van der Waals surface area contributed by atoms with Crippen LogP contribution >= 0.6 is 15.9 Å². The molecular formula is C9H9BrFNO2. The summed E-state index contributed by atoms with van der Waals surface area (Å²) in [7, 11) is 1.44. The SMILES string of the molecule is COc1ccc(F)c(C(=O)CN)c1Br. The van der Waals surface area contributed by atoms with Gasteiger partial charge in [0.2, 0.25) is 0 Å². The number of rotatable bonds is 3. The zero-order valence-corrected chi connectivity index (χ0v) is 9.10. The fourth-order valence-corrected chi connectivity index (χ4v) is 1.75. The first-order valence-corrected chi connectivity index (χ1v) is 4.66. The molecule has 0 aliphatic heterocycles. The van der Waals surface area contributed by atoms with Crippen LogP contribution in [0.3, 0.4) is 0 Å². The number of carbonyl (C=O) groups is 1. The molecule has 0 amide bonds. The van der Waals surface area contributed by atoms with Crippen LogP contribution in [0.25, 0.3) is 0 Å². The van der Waals surface area contributed by atoms with Gasteiger partial charge in [0.05, 0.1) is 23.7 Å². The second-order valence-electron chi connectivity index (χ2n) is 2.57. The lowest BCUT2D eigenvalue weighted by atomic mass is 10.1. The lowest BCUT2D eigenvalue weighted by Gasteiger charge is -2.08. The Kier molecular flexibility index (Phi) is 3.60. The molecule has 0 saturated carbocycles. The molecule has 76 valence electrons. The standard InChI is InChI=1S/C9H9BrFNO2/c1-14-7-3-2-5(11)8(9(7)10)6(13)4-12/h2-3H,4,12H2,1H3. The first-order valence-electron chi connectivity index (χ1n) is 3.87. The quantitative estimate of drug-likeness (QED) is 0.844. The molecule has 0 saturated heterocycles. The highest BCUT2D eigenvalue weighted by Crippen LogP contribution is 2.30. The number of ether oxygens (including phenoxy) is 1. The number of halogens is 2. The number of carbonyl (C=O) groups excluding carboxylic acids is 1. The van der Waals surface area contributed by atoms with Crippen LogP contribution in [0.2, 0.25) is 0 Å². The maximum atomic E-state index is 13.2. The Morgan fingerprint density at radius 2 is 2.29 bits per heavy atom. The van der Waals surface area contributed by atoms with E-state index >= 15 is 0 Å². The van der Waals surface area contributed by atoms with Gasteiger partial charge in [-0.2, -0.15) is 0 Å². The van der Waals surface area contributed by atoms with E-state index in [-0.39, 0.29) is 12.1 Å². The molecular weight excluding hydrogens is 253 g/mol. The highest BCUT2D eigenvalue weighted by molar-refractivity contribution is 9.10. The Balaban J connectivity index is 3.32. The Labute approximate surface area is 89.2 Å². The Hall–Kier alpha value is -0.940. The topological polar surface area (TPSA) is 52.3 Å². The smallest absolute Gasteiger partial charge is 0.180 e. The third-order valence-electron chi connectivity index (χ3n) is 1.74. The molecule has 0 fully saturated rings. The zero-order chi connectivity index (χ0) is 10.7. The van der Waals surface area contributed by atoms with E-state index in [0.717, 1.165) is 0 Å². The van der Waals surface area contributed by atoms with E-state index in [1.165, 1.54) is 19.2 Å². The van der Waals surface area contributed by atoms with E-state index in [9.17, 15) is 9.18 Å². The lowest BCUT2D eigenvalue weighted by molar-refractivity contribution is 0.0996. The third-order valence-corrected chi connectivity index (χ3v) is 2.53. The molecule has 2 N–H and O–H groups in total. The molecule has 14 heavy (non-hydrogen) atoms. The van der Waals surface area contributed by atoms with E-state index in [2.05, 4.69) is 15.9 Å². The lowest BCUT2D eigenvalue weighted by Crippen LogP contribution is -2.16. The minimum Gasteiger partial charge on any atom is -0.496 e. The Morgan fingerprint density at radius 1 is 1.64 bits per heavy atom. The summed E-state index contributed by atoms with van der Waals surface area (Å²) >= 11 is 3.09. The van der Waals surface area contributed by atoms with Crippen LogP contribution in [-0.4, -0.2) is 19.4 Å². The molecule has 1 rings (SSSR count). The van der Waals surface area contributed by atoms with Crippen LogP contribution in [0, 0.1) is 5.82 Å². The second-order valence-corrected chi connectivity index (χ2v) is 3.36. The van der Waals surface area contributed by atoms with Gasteiger partial charge in [-0.1, -0.05) is 0 Å². The van der Waals surface area contributed by atoms with Crippen molar-refractivity contribution in [1.29, 1.82) is 0 Å². The summed E-state index contributed by atoms with van der Waals surface area (Å²) in [5.41, 5.74) is 5.09. The van der Waals surface area contributed by atoms with Crippen molar-refractivity contribution >= 4 is 21.7 Å². The predicted molar refractivity (Wildman–Crippen MR) is 54.0 cm³/mol. The summed E-state index contributed by atoms with van der Waals surface area (Å²) < 4.78 is 18.5. The zero-order valence-electron chi connectivity index (χ0n) is 7.51. The highest BCUT2D eigenvalue weighted by Gasteiger charge is 2.17. The van der Waals surface area contributed by atoms with E-state index < -0.39 is 11.6 Å². The predicted octanol–water partition coefficient (Wildman–Crippen LogP) is 1.74. The number of hydrogen-bond acceptors (Lipinski definition) is 3. The van der Waals surface area contributed by atoms with E-state index in [1.54, 1.807) is 0 Å². The van der Waals surface area contributed by atoms with Crippen LogP contribution < -0.4 is 10.5 Å². The summed E-state index contributed by atoms with van der Waals surface area (Å²) in [5.74, 6) is -0.662. The van der Waals surface area contributed by atoms with Crippen LogP contribution in [-0.2, 0) is 0 Å². The number of Topliss-reactive ketones (excluding diaryl/α,β-unsaturated/α-hetero) is 1. The van der Waals surface area contributed by atoms with Gasteiger partial charge in [-0.05, 0) is 28.1 Å². The van der Waals surface area contributed by atoms with Gasteiger partial charge >= 0.3 is 0 Å². The highest BCUT2D eigenvalue weighted by atomic mass is 79.9. The first-order chi connectivity index (χ1) is 6.61. The van der Waals surface area contributed by atoms with E-state index in [0.29, 0.717) is 10.2 Å². The van der Waals surface area contributed by atoms with Gasteiger partial charge in [-0.15, -0.1) is 0 Å². The molecule has 0 bridgehead atoms. The van der Waals surface area contributed by atoms with Crippen molar-refractivity contribution in [1.82, 2.24) is 0 Å². The maximum Gasteiger partial charge on any atom is 0.180 e. The van der Waals surface area contributed by atoms with Crippen molar-refractivity contribution in [3.63, 3.8) is 0 Å². The average molecular weight is 262 g/mol. The molecule has 3 nitrogen and oxygen atoms in total. The van der Waals surface area contributed by atoms with Gasteiger partial charge in [-0.3, -0.25) is 4.79 Å².